The minimum absolute atomic E-state index is 0.0956. The number of hydrogen-bond donors (Lipinski definition) is 1. The molecular formula is C22H16BrN3O6. The Balaban J connectivity index is 1.73. The number of rotatable bonds is 7. The zero-order chi connectivity index (χ0) is 23.1. The highest BCUT2D eigenvalue weighted by Gasteiger charge is 2.17. The van der Waals surface area contributed by atoms with Gasteiger partial charge in [-0.2, -0.15) is 5.10 Å². The molecule has 3 aromatic carbocycles. The first-order chi connectivity index (χ1) is 15.4. The summed E-state index contributed by atoms with van der Waals surface area (Å²) in [5.74, 6) is -0.686. The number of nitro benzene ring substituents is 1. The third kappa shape index (κ3) is 5.55. The van der Waals surface area contributed by atoms with E-state index >= 15 is 0 Å². The summed E-state index contributed by atoms with van der Waals surface area (Å²) in [6.45, 7) is 0. The molecule has 1 N–H and O–H groups in total. The van der Waals surface area contributed by atoms with Gasteiger partial charge in [-0.05, 0) is 51.8 Å². The van der Waals surface area contributed by atoms with Crippen LogP contribution >= 0.6 is 15.9 Å². The number of non-ortho nitro benzene ring substituents is 1. The minimum Gasteiger partial charge on any atom is -0.493 e. The van der Waals surface area contributed by atoms with Crippen molar-refractivity contribution in [3.8, 4) is 11.5 Å². The van der Waals surface area contributed by atoms with Gasteiger partial charge in [0.05, 0.1) is 28.3 Å². The molecule has 3 rings (SSSR count). The van der Waals surface area contributed by atoms with Crippen LogP contribution < -0.4 is 14.9 Å². The predicted molar refractivity (Wildman–Crippen MR) is 120 cm³/mol. The Morgan fingerprint density at radius 3 is 2.47 bits per heavy atom. The number of ether oxygens (including phenoxy) is 2. The minimum atomic E-state index is -0.607. The molecule has 0 aliphatic heterocycles. The van der Waals surface area contributed by atoms with Crippen molar-refractivity contribution in [2.24, 2.45) is 5.10 Å². The van der Waals surface area contributed by atoms with Gasteiger partial charge < -0.3 is 9.47 Å². The van der Waals surface area contributed by atoms with Crippen molar-refractivity contribution < 1.29 is 24.0 Å². The smallest absolute Gasteiger partial charge is 0.343 e. The van der Waals surface area contributed by atoms with E-state index in [9.17, 15) is 19.7 Å². The summed E-state index contributed by atoms with van der Waals surface area (Å²) in [6, 6.07) is 17.0. The van der Waals surface area contributed by atoms with Crippen LogP contribution in [0.15, 0.2) is 76.3 Å². The first-order valence-corrected chi connectivity index (χ1v) is 9.91. The number of methoxy groups -OCH3 is 1. The number of nitrogens with one attached hydrogen (secondary N) is 1. The van der Waals surface area contributed by atoms with E-state index in [0.717, 1.165) is 6.07 Å². The predicted octanol–water partition coefficient (Wildman–Crippen LogP) is 4.35. The highest BCUT2D eigenvalue weighted by atomic mass is 79.9. The molecule has 0 aliphatic rings. The van der Waals surface area contributed by atoms with Gasteiger partial charge in [-0.3, -0.25) is 14.9 Å². The molecule has 0 fully saturated rings. The first kappa shape index (κ1) is 22.6. The fraction of sp³-hybridized carbons (Fsp3) is 0.0455. The zero-order valence-corrected chi connectivity index (χ0v) is 18.2. The number of hydrazone groups is 1. The van der Waals surface area contributed by atoms with Gasteiger partial charge in [-0.15, -0.1) is 0 Å². The Labute approximate surface area is 190 Å². The number of carbonyl (C=O) groups excluding carboxylic acids is 2. The van der Waals surface area contributed by atoms with Crippen molar-refractivity contribution in [1.82, 2.24) is 5.43 Å². The van der Waals surface area contributed by atoms with Gasteiger partial charge in [0.25, 0.3) is 11.6 Å². The molecule has 0 aromatic heterocycles. The van der Waals surface area contributed by atoms with Crippen LogP contribution in [-0.2, 0) is 0 Å². The maximum absolute atomic E-state index is 12.4. The van der Waals surface area contributed by atoms with E-state index in [1.54, 1.807) is 42.5 Å². The van der Waals surface area contributed by atoms with E-state index in [1.807, 2.05) is 0 Å². The highest BCUT2D eigenvalue weighted by Crippen LogP contribution is 2.36. The summed E-state index contributed by atoms with van der Waals surface area (Å²) in [4.78, 5) is 34.8. The van der Waals surface area contributed by atoms with Crippen molar-refractivity contribution in [1.29, 1.82) is 0 Å². The van der Waals surface area contributed by atoms with Crippen molar-refractivity contribution in [3.63, 3.8) is 0 Å². The molecule has 0 heterocycles. The van der Waals surface area contributed by atoms with Gasteiger partial charge in [0.1, 0.15) is 0 Å². The Kier molecular flexibility index (Phi) is 7.29. The first-order valence-electron chi connectivity index (χ1n) is 9.11. The molecule has 3 aromatic rings. The normalized spacial score (nSPS) is 10.6. The summed E-state index contributed by atoms with van der Waals surface area (Å²) in [5, 5.41) is 14.7. The molecule has 0 aliphatic carbocycles. The molecule has 0 bridgehead atoms. The lowest BCUT2D eigenvalue weighted by Crippen LogP contribution is -2.17. The topological polar surface area (TPSA) is 120 Å². The Morgan fingerprint density at radius 2 is 1.78 bits per heavy atom. The van der Waals surface area contributed by atoms with Gasteiger partial charge in [0.15, 0.2) is 11.5 Å². The second kappa shape index (κ2) is 10.3. The number of benzene rings is 3. The standard InChI is InChI=1S/C22H16BrN3O6/c1-31-19-11-14(10-18(23)20(19)32-22(28)15-6-3-2-4-7-15)13-24-25-21(27)16-8-5-9-17(12-16)26(29)30/h2-13H,1H3,(H,25,27). The van der Waals surface area contributed by atoms with Gasteiger partial charge >= 0.3 is 5.97 Å². The molecule has 0 spiro atoms. The van der Waals surface area contributed by atoms with Crippen LogP contribution in [0.2, 0.25) is 0 Å². The summed E-state index contributed by atoms with van der Waals surface area (Å²) in [6.07, 6.45) is 1.35. The molecule has 9 nitrogen and oxygen atoms in total. The fourth-order valence-electron chi connectivity index (χ4n) is 2.63. The number of halogens is 1. The van der Waals surface area contributed by atoms with E-state index in [4.69, 9.17) is 9.47 Å². The van der Waals surface area contributed by atoms with Crippen molar-refractivity contribution in [2.45, 2.75) is 0 Å². The lowest BCUT2D eigenvalue weighted by Gasteiger charge is -2.12. The second-order valence-electron chi connectivity index (χ2n) is 6.30. The molecule has 162 valence electrons. The maximum Gasteiger partial charge on any atom is 0.343 e. The van der Waals surface area contributed by atoms with Crippen LogP contribution in [0.1, 0.15) is 26.3 Å². The van der Waals surface area contributed by atoms with Crippen molar-refractivity contribution >= 4 is 39.7 Å². The third-order valence-electron chi connectivity index (χ3n) is 4.15. The van der Waals surface area contributed by atoms with Crippen LogP contribution in [0, 0.1) is 10.1 Å². The highest BCUT2D eigenvalue weighted by molar-refractivity contribution is 9.10. The van der Waals surface area contributed by atoms with Gasteiger partial charge in [0.2, 0.25) is 0 Å². The largest absolute Gasteiger partial charge is 0.493 e. The lowest BCUT2D eigenvalue weighted by atomic mass is 10.2. The number of nitro groups is 1. The molecule has 0 unspecified atom stereocenters. The zero-order valence-electron chi connectivity index (χ0n) is 16.7. The van der Waals surface area contributed by atoms with E-state index < -0.39 is 16.8 Å². The van der Waals surface area contributed by atoms with Gasteiger partial charge in [-0.1, -0.05) is 24.3 Å². The number of esters is 1. The lowest BCUT2D eigenvalue weighted by molar-refractivity contribution is -0.384. The molecule has 0 saturated heterocycles. The molecule has 10 heteroatoms. The van der Waals surface area contributed by atoms with E-state index in [-0.39, 0.29) is 22.7 Å². The molecule has 32 heavy (non-hydrogen) atoms. The average molecular weight is 498 g/mol. The second-order valence-corrected chi connectivity index (χ2v) is 7.15. The number of nitrogens with zero attached hydrogens (tertiary/aromatic N) is 2. The van der Waals surface area contributed by atoms with Crippen molar-refractivity contribution in [3.05, 3.63) is 98.0 Å². The molecular weight excluding hydrogens is 482 g/mol. The molecule has 0 atom stereocenters. The molecule has 0 radical (unpaired) electrons. The van der Waals surface area contributed by atoms with Crippen LogP contribution in [0.25, 0.3) is 0 Å². The van der Waals surface area contributed by atoms with Crippen LogP contribution in [0.4, 0.5) is 5.69 Å². The van der Waals surface area contributed by atoms with Gasteiger partial charge in [0, 0.05) is 17.7 Å². The van der Waals surface area contributed by atoms with E-state index in [0.29, 0.717) is 15.6 Å². The Hall–Kier alpha value is -4.05. The monoisotopic (exact) mass is 497 g/mol. The molecule has 0 saturated carbocycles. The fourth-order valence-corrected chi connectivity index (χ4v) is 3.17. The maximum atomic E-state index is 12.4. The van der Waals surface area contributed by atoms with Crippen LogP contribution in [-0.4, -0.2) is 30.1 Å². The Bertz CT molecular complexity index is 1200. The van der Waals surface area contributed by atoms with E-state index in [1.165, 1.54) is 31.5 Å². The summed E-state index contributed by atoms with van der Waals surface area (Å²) >= 11 is 3.35. The number of hydrogen-bond acceptors (Lipinski definition) is 7. The van der Waals surface area contributed by atoms with Gasteiger partial charge in [-0.25, -0.2) is 10.2 Å². The third-order valence-corrected chi connectivity index (χ3v) is 4.74. The Morgan fingerprint density at radius 1 is 1.06 bits per heavy atom. The average Bonchev–Trinajstić information content (AvgIpc) is 2.81. The number of carbonyl (C=O) groups is 2. The van der Waals surface area contributed by atoms with Crippen LogP contribution in [0.3, 0.4) is 0 Å². The van der Waals surface area contributed by atoms with E-state index in [2.05, 4.69) is 26.5 Å². The quantitative estimate of drug-likeness (QED) is 0.170. The number of amides is 1. The van der Waals surface area contributed by atoms with Crippen molar-refractivity contribution in [2.75, 3.05) is 7.11 Å². The SMILES string of the molecule is COc1cc(C=NNC(=O)c2cccc([N+](=O)[O-])c2)cc(Br)c1OC(=O)c1ccccc1. The van der Waals surface area contributed by atoms with Crippen LogP contribution in [0.5, 0.6) is 11.5 Å². The summed E-state index contributed by atoms with van der Waals surface area (Å²) in [7, 11) is 1.42. The summed E-state index contributed by atoms with van der Waals surface area (Å²) in [5.41, 5.74) is 3.12. The molecule has 1 amide bonds. The summed E-state index contributed by atoms with van der Waals surface area (Å²) < 4.78 is 11.2.